The average molecular weight is 211 g/mol. The highest BCUT2D eigenvalue weighted by Crippen LogP contribution is 2.12. The fraction of sp³-hybridized carbons (Fsp3) is 0.364. The van der Waals surface area contributed by atoms with Gasteiger partial charge in [-0.15, -0.1) is 0 Å². The van der Waals surface area contributed by atoms with Crippen molar-refractivity contribution in [3.05, 3.63) is 35.1 Å². The van der Waals surface area contributed by atoms with Crippen LogP contribution in [0.5, 0.6) is 0 Å². The van der Waals surface area contributed by atoms with Crippen molar-refractivity contribution in [1.82, 2.24) is 0 Å². The fourth-order valence-corrected chi connectivity index (χ4v) is 1.33. The number of nitrogens with two attached hydrogens (primary N) is 1. The Balaban J connectivity index is 2.80. The number of aryl methyl sites for hydroxylation is 1. The van der Waals surface area contributed by atoms with Crippen LogP contribution >= 0.6 is 0 Å². The summed E-state index contributed by atoms with van der Waals surface area (Å²) in [4.78, 5) is 11.0. The fourth-order valence-electron chi connectivity index (χ4n) is 1.33. The molecule has 1 aromatic carbocycles. The molecule has 0 bridgehead atoms. The third kappa shape index (κ3) is 3.02. The summed E-state index contributed by atoms with van der Waals surface area (Å²) in [6.07, 6.45) is 0.153. The van der Waals surface area contributed by atoms with E-state index in [1.807, 2.05) is 6.92 Å². The minimum Gasteiger partial charge on any atom is -0.468 e. The molecule has 4 heteroatoms. The Morgan fingerprint density at radius 1 is 1.60 bits per heavy atom. The topological polar surface area (TPSA) is 52.3 Å². The Kier molecular flexibility index (Phi) is 3.80. The van der Waals surface area contributed by atoms with Gasteiger partial charge >= 0.3 is 5.97 Å². The van der Waals surface area contributed by atoms with Gasteiger partial charge in [0.25, 0.3) is 0 Å². The number of halogens is 1. The second kappa shape index (κ2) is 4.89. The minimum absolute atomic E-state index is 0.153. The average Bonchev–Trinajstić information content (AvgIpc) is 2.22. The number of ether oxygens (including phenoxy) is 1. The number of hydrogen-bond acceptors (Lipinski definition) is 3. The van der Waals surface area contributed by atoms with E-state index in [0.29, 0.717) is 5.56 Å². The Morgan fingerprint density at radius 2 is 2.27 bits per heavy atom. The van der Waals surface area contributed by atoms with Crippen molar-refractivity contribution < 1.29 is 13.9 Å². The molecule has 0 heterocycles. The molecule has 0 aromatic heterocycles. The largest absolute Gasteiger partial charge is 0.468 e. The number of esters is 1. The van der Waals surface area contributed by atoms with Crippen molar-refractivity contribution in [2.24, 2.45) is 5.73 Å². The Bertz CT molecular complexity index is 366. The van der Waals surface area contributed by atoms with E-state index >= 15 is 0 Å². The predicted octanol–water partition coefficient (Wildman–Crippen LogP) is 1.18. The number of carbonyl (C=O) groups excluding carboxylic acids is 1. The maximum atomic E-state index is 13.3. The van der Waals surface area contributed by atoms with Crippen LogP contribution in [0, 0.1) is 12.7 Å². The van der Waals surface area contributed by atoms with Gasteiger partial charge in [-0.1, -0.05) is 17.7 Å². The van der Waals surface area contributed by atoms with Crippen LogP contribution in [0.25, 0.3) is 0 Å². The van der Waals surface area contributed by atoms with Gasteiger partial charge in [-0.25, -0.2) is 4.39 Å². The van der Waals surface area contributed by atoms with Crippen LogP contribution < -0.4 is 5.73 Å². The first kappa shape index (κ1) is 11.7. The summed E-state index contributed by atoms with van der Waals surface area (Å²) >= 11 is 0. The molecule has 15 heavy (non-hydrogen) atoms. The first-order valence-corrected chi connectivity index (χ1v) is 4.63. The minimum atomic E-state index is -0.814. The molecule has 0 saturated heterocycles. The number of benzene rings is 1. The summed E-state index contributed by atoms with van der Waals surface area (Å²) in [6, 6.07) is 3.90. The highest BCUT2D eigenvalue weighted by atomic mass is 19.1. The molecule has 1 atom stereocenters. The summed E-state index contributed by atoms with van der Waals surface area (Å²) in [5.74, 6) is -0.879. The lowest BCUT2D eigenvalue weighted by Crippen LogP contribution is -2.33. The van der Waals surface area contributed by atoms with Gasteiger partial charge in [0.15, 0.2) is 0 Å². The zero-order valence-corrected chi connectivity index (χ0v) is 8.79. The smallest absolute Gasteiger partial charge is 0.322 e. The van der Waals surface area contributed by atoms with E-state index in [1.54, 1.807) is 12.1 Å². The first-order chi connectivity index (χ1) is 7.04. The predicted molar refractivity (Wildman–Crippen MR) is 54.8 cm³/mol. The van der Waals surface area contributed by atoms with Crippen molar-refractivity contribution in [2.45, 2.75) is 19.4 Å². The Labute approximate surface area is 88.0 Å². The molecule has 0 fully saturated rings. The maximum Gasteiger partial charge on any atom is 0.322 e. The summed E-state index contributed by atoms with van der Waals surface area (Å²) in [5, 5.41) is 0. The van der Waals surface area contributed by atoms with E-state index in [4.69, 9.17) is 5.73 Å². The molecule has 2 N–H and O–H groups in total. The van der Waals surface area contributed by atoms with Gasteiger partial charge in [0.2, 0.25) is 0 Å². The van der Waals surface area contributed by atoms with Gasteiger partial charge in [-0.3, -0.25) is 4.79 Å². The lowest BCUT2D eigenvalue weighted by Gasteiger charge is -2.10. The SMILES string of the molecule is COC(=O)[C@@H](N)Cc1cc(C)ccc1F. The molecule has 82 valence electrons. The molecule has 0 saturated carbocycles. The molecule has 0 aliphatic carbocycles. The first-order valence-electron chi connectivity index (χ1n) is 4.63. The standard InChI is InChI=1S/C11H14FNO2/c1-7-3-4-9(12)8(5-7)6-10(13)11(14)15-2/h3-5,10H,6,13H2,1-2H3/t10-/m0/s1. The molecule has 1 rings (SSSR count). The maximum absolute atomic E-state index is 13.3. The third-order valence-corrected chi connectivity index (χ3v) is 2.14. The number of methoxy groups -OCH3 is 1. The second-order valence-corrected chi connectivity index (χ2v) is 3.43. The monoisotopic (exact) mass is 211 g/mol. The Hall–Kier alpha value is -1.42. The molecule has 1 aromatic rings. The quantitative estimate of drug-likeness (QED) is 0.764. The van der Waals surface area contributed by atoms with Crippen molar-refractivity contribution in [1.29, 1.82) is 0 Å². The Morgan fingerprint density at radius 3 is 2.87 bits per heavy atom. The van der Waals surface area contributed by atoms with E-state index in [9.17, 15) is 9.18 Å². The molecule has 0 aliphatic rings. The second-order valence-electron chi connectivity index (χ2n) is 3.43. The third-order valence-electron chi connectivity index (χ3n) is 2.14. The molecule has 0 aliphatic heterocycles. The lowest BCUT2D eigenvalue weighted by molar-refractivity contribution is -0.142. The van der Waals surface area contributed by atoms with Crippen LogP contribution in [0.4, 0.5) is 4.39 Å². The molecular weight excluding hydrogens is 197 g/mol. The normalized spacial score (nSPS) is 12.3. The summed E-state index contributed by atoms with van der Waals surface area (Å²) in [7, 11) is 1.26. The number of carbonyl (C=O) groups is 1. The highest BCUT2D eigenvalue weighted by molar-refractivity contribution is 5.75. The molecule has 0 unspecified atom stereocenters. The van der Waals surface area contributed by atoms with E-state index < -0.39 is 12.0 Å². The molecule has 3 nitrogen and oxygen atoms in total. The summed E-state index contributed by atoms with van der Waals surface area (Å²) < 4.78 is 17.8. The van der Waals surface area contributed by atoms with Gasteiger partial charge in [0, 0.05) is 6.42 Å². The molecular formula is C11H14FNO2. The van der Waals surface area contributed by atoms with Gasteiger partial charge in [0.1, 0.15) is 11.9 Å². The van der Waals surface area contributed by atoms with E-state index in [2.05, 4.69) is 4.74 Å². The van der Waals surface area contributed by atoms with Gasteiger partial charge in [0.05, 0.1) is 7.11 Å². The van der Waals surface area contributed by atoms with Crippen LogP contribution in [0.2, 0.25) is 0 Å². The van der Waals surface area contributed by atoms with Crippen molar-refractivity contribution in [2.75, 3.05) is 7.11 Å². The number of rotatable bonds is 3. The molecule has 0 radical (unpaired) electrons. The summed E-state index contributed by atoms with van der Waals surface area (Å²) in [5.41, 5.74) is 6.91. The zero-order valence-electron chi connectivity index (χ0n) is 8.79. The van der Waals surface area contributed by atoms with Crippen LogP contribution in [0.1, 0.15) is 11.1 Å². The van der Waals surface area contributed by atoms with E-state index in [0.717, 1.165) is 5.56 Å². The van der Waals surface area contributed by atoms with Gasteiger partial charge in [-0.05, 0) is 18.6 Å². The van der Waals surface area contributed by atoms with Crippen molar-refractivity contribution in [3.63, 3.8) is 0 Å². The summed E-state index contributed by atoms with van der Waals surface area (Å²) in [6.45, 7) is 1.85. The van der Waals surface area contributed by atoms with E-state index in [1.165, 1.54) is 13.2 Å². The number of hydrogen-bond donors (Lipinski definition) is 1. The van der Waals surface area contributed by atoms with Gasteiger partial charge in [-0.2, -0.15) is 0 Å². The van der Waals surface area contributed by atoms with Crippen molar-refractivity contribution in [3.8, 4) is 0 Å². The van der Waals surface area contributed by atoms with Crippen LogP contribution in [-0.2, 0) is 16.0 Å². The molecule has 0 amide bonds. The zero-order chi connectivity index (χ0) is 11.4. The van der Waals surface area contributed by atoms with Crippen LogP contribution in [0.3, 0.4) is 0 Å². The van der Waals surface area contributed by atoms with Gasteiger partial charge < -0.3 is 10.5 Å². The lowest BCUT2D eigenvalue weighted by atomic mass is 10.0. The highest BCUT2D eigenvalue weighted by Gasteiger charge is 2.16. The van der Waals surface area contributed by atoms with Crippen LogP contribution in [0.15, 0.2) is 18.2 Å². The molecule has 0 spiro atoms. The van der Waals surface area contributed by atoms with E-state index in [-0.39, 0.29) is 12.2 Å². The van der Waals surface area contributed by atoms with Crippen LogP contribution in [-0.4, -0.2) is 19.1 Å². The van der Waals surface area contributed by atoms with Crippen molar-refractivity contribution >= 4 is 5.97 Å².